The van der Waals surface area contributed by atoms with Gasteiger partial charge in [-0.15, -0.1) is 0 Å². The molecule has 0 aromatic heterocycles. The number of carboxylic acids is 1. The quantitative estimate of drug-likeness (QED) is 0.0846. The summed E-state index contributed by atoms with van der Waals surface area (Å²) in [5.41, 5.74) is 7.86. The standard InChI is InChI=1S/C19H28N6O7/c1-12(2)15(17(28)32-11-13-7-4-3-5-8-13)23-19(29)22-14(16(26)27)9-6-10-21-18(20)24-25(30)31/h3-5,7-8,12,14-15H,6,9-11H2,1-2H3,(H6-,20,21,22,23,24,26,27,29,30,31)/p+1/t14-,15-/m0/s1. The lowest BCUT2D eigenvalue weighted by atomic mass is 10.0. The first-order valence-corrected chi connectivity index (χ1v) is 9.83. The molecule has 1 aromatic rings. The van der Waals surface area contributed by atoms with Gasteiger partial charge in [-0.2, -0.15) is 0 Å². The molecule has 0 aliphatic carbocycles. The van der Waals surface area contributed by atoms with E-state index in [1.54, 1.807) is 31.4 Å². The monoisotopic (exact) mass is 453 g/mol. The second-order valence-electron chi connectivity index (χ2n) is 7.12. The van der Waals surface area contributed by atoms with Crippen LogP contribution >= 0.6 is 0 Å². The molecular weight excluding hydrogens is 424 g/mol. The van der Waals surface area contributed by atoms with E-state index in [1.807, 2.05) is 18.2 Å². The highest BCUT2D eigenvalue weighted by molar-refractivity contribution is 5.86. The number of hydrazine groups is 1. The van der Waals surface area contributed by atoms with Crippen LogP contribution in [0.2, 0.25) is 0 Å². The van der Waals surface area contributed by atoms with Crippen LogP contribution in [0.1, 0.15) is 32.3 Å². The molecule has 1 rings (SSSR count). The zero-order valence-corrected chi connectivity index (χ0v) is 17.9. The van der Waals surface area contributed by atoms with Crippen LogP contribution in [0, 0.1) is 10.8 Å². The number of carboxylic acid groups (broad SMARTS) is 1. The number of guanidine groups is 1. The maximum Gasteiger partial charge on any atom is 0.362 e. The van der Waals surface area contributed by atoms with Crippen molar-refractivity contribution in [3.63, 3.8) is 0 Å². The SMILES string of the molecule is CC(C)[C@H](NC(=O)N[C@@H](CCCN=C(N)N[N+](=O)O)C(=O)O)C(=O)OCc1ccccc1. The Hall–Kier alpha value is -3.90. The van der Waals surface area contributed by atoms with E-state index in [9.17, 15) is 24.4 Å². The minimum Gasteiger partial charge on any atom is -0.480 e. The molecule has 0 heterocycles. The Kier molecular flexibility index (Phi) is 11.0. The Morgan fingerprint density at radius 2 is 1.84 bits per heavy atom. The van der Waals surface area contributed by atoms with E-state index in [1.165, 1.54) is 0 Å². The highest BCUT2D eigenvalue weighted by Gasteiger charge is 2.28. The molecule has 0 bridgehead atoms. The van der Waals surface area contributed by atoms with Crippen LogP contribution in [0.25, 0.3) is 0 Å². The van der Waals surface area contributed by atoms with E-state index in [2.05, 4.69) is 15.6 Å². The van der Waals surface area contributed by atoms with E-state index in [4.69, 9.17) is 15.7 Å². The summed E-state index contributed by atoms with van der Waals surface area (Å²) in [4.78, 5) is 50.2. The minimum atomic E-state index is -1.27. The van der Waals surface area contributed by atoms with Crippen LogP contribution in [0.3, 0.4) is 0 Å². The lowest BCUT2D eigenvalue weighted by Gasteiger charge is -2.22. The number of rotatable bonds is 12. The number of nitrogens with one attached hydrogen (secondary N) is 3. The van der Waals surface area contributed by atoms with Crippen molar-refractivity contribution in [1.29, 1.82) is 0 Å². The molecule has 0 aliphatic rings. The normalized spacial score (nSPS) is 13.0. The highest BCUT2D eigenvalue weighted by atomic mass is 16.7. The molecule has 32 heavy (non-hydrogen) atoms. The molecule has 13 nitrogen and oxygen atoms in total. The number of benzene rings is 1. The summed E-state index contributed by atoms with van der Waals surface area (Å²) in [6, 6.07) is 5.98. The number of esters is 1. The van der Waals surface area contributed by atoms with E-state index >= 15 is 0 Å². The molecule has 0 aliphatic heterocycles. The summed E-state index contributed by atoms with van der Waals surface area (Å²) in [6.07, 6.45) is 0.210. The summed E-state index contributed by atoms with van der Waals surface area (Å²) in [5, 5.41) is 21.9. The Balaban J connectivity index is 2.57. The van der Waals surface area contributed by atoms with Crippen LogP contribution < -0.4 is 21.8 Å². The van der Waals surface area contributed by atoms with E-state index in [0.29, 0.717) is 0 Å². The molecule has 2 amide bonds. The van der Waals surface area contributed by atoms with Gasteiger partial charge in [-0.05, 0) is 29.7 Å². The molecule has 0 saturated heterocycles. The van der Waals surface area contributed by atoms with Crippen molar-refractivity contribution in [2.75, 3.05) is 6.54 Å². The van der Waals surface area contributed by atoms with E-state index < -0.39 is 35.1 Å². The second-order valence-corrected chi connectivity index (χ2v) is 7.12. The number of hydrogen-bond donors (Lipinski definition) is 6. The van der Waals surface area contributed by atoms with Crippen LogP contribution in [-0.4, -0.2) is 57.9 Å². The zero-order chi connectivity index (χ0) is 24.1. The smallest absolute Gasteiger partial charge is 0.362 e. The fourth-order valence-electron chi connectivity index (χ4n) is 2.54. The number of aliphatic carboxylic acids is 1. The van der Waals surface area contributed by atoms with Gasteiger partial charge < -0.3 is 26.2 Å². The Morgan fingerprint density at radius 1 is 1.19 bits per heavy atom. The van der Waals surface area contributed by atoms with Crippen molar-refractivity contribution in [3.05, 3.63) is 40.8 Å². The number of amides is 2. The van der Waals surface area contributed by atoms with Crippen LogP contribution in [0.5, 0.6) is 0 Å². The summed E-state index contributed by atoms with van der Waals surface area (Å²) in [5.74, 6) is -2.57. The maximum absolute atomic E-state index is 12.4. The average Bonchev–Trinajstić information content (AvgIpc) is 2.72. The largest absolute Gasteiger partial charge is 0.480 e. The third kappa shape index (κ3) is 10.2. The lowest BCUT2D eigenvalue weighted by Crippen LogP contribution is -2.53. The molecule has 13 heteroatoms. The van der Waals surface area contributed by atoms with Gasteiger partial charge >= 0.3 is 23.0 Å². The van der Waals surface area contributed by atoms with Gasteiger partial charge in [-0.25, -0.2) is 24.6 Å². The molecule has 0 radical (unpaired) electrons. The van der Waals surface area contributed by atoms with Gasteiger partial charge in [0.2, 0.25) is 0 Å². The molecule has 0 saturated carbocycles. The minimum absolute atomic E-state index is 0.00451. The van der Waals surface area contributed by atoms with Crippen molar-refractivity contribution in [1.82, 2.24) is 16.1 Å². The van der Waals surface area contributed by atoms with Crippen molar-refractivity contribution in [2.45, 2.75) is 45.4 Å². The fourth-order valence-corrected chi connectivity index (χ4v) is 2.54. The lowest BCUT2D eigenvalue weighted by molar-refractivity contribution is -0.822. The Labute approximate surface area is 184 Å². The predicted molar refractivity (Wildman–Crippen MR) is 112 cm³/mol. The number of ether oxygens (including phenoxy) is 1. The third-order valence-electron chi connectivity index (χ3n) is 4.18. The van der Waals surface area contributed by atoms with Gasteiger partial charge in [0.05, 0.1) is 0 Å². The van der Waals surface area contributed by atoms with E-state index in [0.717, 1.165) is 5.56 Å². The summed E-state index contributed by atoms with van der Waals surface area (Å²) in [6.45, 7) is 3.52. The summed E-state index contributed by atoms with van der Waals surface area (Å²) < 4.78 is 5.26. The number of carbonyl (C=O) groups is 3. The summed E-state index contributed by atoms with van der Waals surface area (Å²) in [7, 11) is 0. The maximum atomic E-state index is 12.4. The van der Waals surface area contributed by atoms with Crippen molar-refractivity contribution < 1.29 is 34.5 Å². The van der Waals surface area contributed by atoms with Crippen molar-refractivity contribution in [3.8, 4) is 0 Å². The number of nitrogens with two attached hydrogens (primary N) is 1. The predicted octanol–water partition coefficient (Wildman–Crippen LogP) is 0.274. The van der Waals surface area contributed by atoms with Gasteiger partial charge in [-0.1, -0.05) is 44.2 Å². The topological polar surface area (TPSA) is 195 Å². The second kappa shape index (κ2) is 13.4. The molecule has 7 N–H and O–H groups in total. The summed E-state index contributed by atoms with van der Waals surface area (Å²) >= 11 is 0. The molecule has 2 atom stereocenters. The van der Waals surface area contributed by atoms with E-state index in [-0.39, 0.29) is 37.9 Å². The van der Waals surface area contributed by atoms with Crippen molar-refractivity contribution in [2.24, 2.45) is 16.6 Å². The number of aliphatic imine (C=N–C) groups is 1. The number of urea groups is 1. The number of carbonyl (C=O) groups excluding carboxylic acids is 2. The van der Waals surface area contributed by atoms with Crippen LogP contribution in [0.15, 0.2) is 35.3 Å². The Bertz CT molecular complexity index is 816. The first-order chi connectivity index (χ1) is 15.1. The molecule has 0 unspecified atom stereocenters. The molecular formula is C19H29N6O7+. The van der Waals surface area contributed by atoms with Gasteiger partial charge in [0.1, 0.15) is 23.6 Å². The number of hydrogen-bond acceptors (Lipinski definition) is 6. The molecule has 176 valence electrons. The molecule has 0 spiro atoms. The highest BCUT2D eigenvalue weighted by Crippen LogP contribution is 2.08. The average molecular weight is 453 g/mol. The zero-order valence-electron chi connectivity index (χ0n) is 17.9. The first-order valence-electron chi connectivity index (χ1n) is 9.83. The van der Waals surface area contributed by atoms with Crippen molar-refractivity contribution >= 4 is 23.9 Å². The molecule has 0 fully saturated rings. The molecule has 1 aromatic carbocycles. The van der Waals surface area contributed by atoms with Crippen LogP contribution in [0.4, 0.5) is 4.79 Å². The van der Waals surface area contributed by atoms with Gasteiger partial charge in [0.15, 0.2) is 0 Å². The van der Waals surface area contributed by atoms with Crippen LogP contribution in [-0.2, 0) is 20.9 Å². The third-order valence-corrected chi connectivity index (χ3v) is 4.18. The fraction of sp³-hybridized carbons (Fsp3) is 0.474. The van der Waals surface area contributed by atoms with Gasteiger partial charge in [0, 0.05) is 6.54 Å². The van der Waals surface area contributed by atoms with Gasteiger partial charge in [-0.3, -0.25) is 0 Å². The number of nitrogens with zero attached hydrogens (tertiary/aromatic N) is 2. The van der Waals surface area contributed by atoms with Gasteiger partial charge in [0.25, 0.3) is 5.96 Å². The Morgan fingerprint density at radius 3 is 2.41 bits per heavy atom. The first kappa shape index (κ1) is 26.1.